The van der Waals surface area contributed by atoms with Gasteiger partial charge >= 0.3 is 23.8 Å². The van der Waals surface area contributed by atoms with Gasteiger partial charge < -0.3 is 25.4 Å². The molecule has 0 aliphatic carbocycles. The highest BCUT2D eigenvalue weighted by atomic mass is 16.5. The van der Waals surface area contributed by atoms with Gasteiger partial charge in [-0.15, -0.1) is 0 Å². The van der Waals surface area contributed by atoms with E-state index in [1.165, 1.54) is 48.5 Å². The topological polar surface area (TPSA) is 140 Å². The Morgan fingerprint density at radius 1 is 0.656 bits per heavy atom. The van der Waals surface area contributed by atoms with Gasteiger partial charge in [-0.05, 0) is 62.4 Å². The van der Waals surface area contributed by atoms with Crippen LogP contribution in [0.1, 0.15) is 34.6 Å². The molecule has 0 bridgehead atoms. The van der Waals surface area contributed by atoms with E-state index in [0.29, 0.717) is 22.5 Å². The maximum atomic E-state index is 12.0. The molecule has 0 aliphatic rings. The van der Waals surface area contributed by atoms with E-state index >= 15 is 0 Å². The van der Waals surface area contributed by atoms with Crippen LogP contribution in [0.5, 0.6) is 0 Å². The number of ether oxygens (including phenoxy) is 2. The Bertz CT molecular complexity index is 986. The van der Waals surface area contributed by atoms with E-state index in [-0.39, 0.29) is 13.2 Å². The molecule has 0 radical (unpaired) electrons. The molecule has 2 aromatic rings. The first-order chi connectivity index (χ1) is 15.3. The summed E-state index contributed by atoms with van der Waals surface area (Å²) in [5.74, 6) is -3.51. The van der Waals surface area contributed by atoms with Crippen molar-refractivity contribution >= 4 is 41.0 Å². The summed E-state index contributed by atoms with van der Waals surface area (Å²) in [4.78, 5) is 59.1. The van der Waals surface area contributed by atoms with Gasteiger partial charge in [0.25, 0.3) is 0 Å². The minimum absolute atomic E-state index is 0.240. The van der Waals surface area contributed by atoms with Crippen molar-refractivity contribution in [2.24, 2.45) is 0 Å². The fraction of sp³-hybridized carbons (Fsp3) is 0.227. The second-order valence-corrected chi connectivity index (χ2v) is 6.28. The van der Waals surface area contributed by atoms with E-state index in [4.69, 9.17) is 9.47 Å². The van der Waals surface area contributed by atoms with Crippen LogP contribution in [-0.2, 0) is 23.9 Å². The van der Waals surface area contributed by atoms with Crippen LogP contribution in [0.2, 0.25) is 0 Å². The van der Waals surface area contributed by atoms with E-state index in [2.05, 4.69) is 16.0 Å². The molecule has 0 spiro atoms. The Morgan fingerprint density at radius 2 is 1.09 bits per heavy atom. The van der Waals surface area contributed by atoms with Crippen molar-refractivity contribution in [2.45, 2.75) is 13.8 Å². The molecule has 3 amide bonds. The van der Waals surface area contributed by atoms with Crippen LogP contribution in [0, 0.1) is 0 Å². The molecule has 0 aliphatic heterocycles. The van der Waals surface area contributed by atoms with Gasteiger partial charge in [0.05, 0.1) is 30.9 Å². The zero-order valence-corrected chi connectivity index (χ0v) is 17.6. The number of carbonyl (C=O) groups is 5. The SMILES string of the molecule is CCOC(=O)c1ccc(NC(=O)CNC(=O)C(=O)Nc2ccc(C(=O)OCC)cc2)cc1. The molecule has 2 rings (SSSR count). The molecule has 0 heterocycles. The molecule has 2 aromatic carbocycles. The molecule has 10 heteroatoms. The first kappa shape index (κ1) is 24.1. The maximum absolute atomic E-state index is 12.0. The average Bonchev–Trinajstić information content (AvgIpc) is 2.78. The van der Waals surface area contributed by atoms with E-state index in [0.717, 1.165) is 0 Å². The van der Waals surface area contributed by atoms with Gasteiger partial charge in [0.1, 0.15) is 0 Å². The molecule has 0 fully saturated rings. The molecule has 168 valence electrons. The maximum Gasteiger partial charge on any atom is 0.338 e. The summed E-state index contributed by atoms with van der Waals surface area (Å²) in [5.41, 5.74) is 1.35. The summed E-state index contributed by atoms with van der Waals surface area (Å²) in [7, 11) is 0. The second kappa shape index (κ2) is 11.8. The standard InChI is InChI=1S/C22H23N3O7/c1-3-31-21(29)14-5-9-16(10-6-14)24-18(26)13-23-19(27)20(28)25-17-11-7-15(8-12-17)22(30)32-4-2/h5-12H,3-4,13H2,1-2H3,(H,23,27)(H,24,26)(H,25,28). The van der Waals surface area contributed by atoms with E-state index in [1.807, 2.05) is 0 Å². The Labute approximate surface area is 184 Å². The summed E-state index contributed by atoms with van der Waals surface area (Å²) in [6.45, 7) is 3.44. The quantitative estimate of drug-likeness (QED) is 0.419. The highest BCUT2D eigenvalue weighted by Gasteiger charge is 2.16. The molecule has 0 unspecified atom stereocenters. The van der Waals surface area contributed by atoms with Gasteiger partial charge in [-0.3, -0.25) is 14.4 Å². The minimum Gasteiger partial charge on any atom is -0.462 e. The monoisotopic (exact) mass is 441 g/mol. The zero-order chi connectivity index (χ0) is 23.5. The number of amides is 3. The lowest BCUT2D eigenvalue weighted by Crippen LogP contribution is -2.39. The van der Waals surface area contributed by atoms with Gasteiger partial charge in [0.15, 0.2) is 0 Å². The third-order valence-electron chi connectivity index (χ3n) is 3.95. The van der Waals surface area contributed by atoms with E-state index < -0.39 is 36.2 Å². The number of hydrogen-bond donors (Lipinski definition) is 3. The van der Waals surface area contributed by atoms with Crippen molar-refractivity contribution in [3.05, 3.63) is 59.7 Å². The summed E-state index contributed by atoms with van der Waals surface area (Å²) in [5, 5.41) is 7.10. The average molecular weight is 441 g/mol. The first-order valence-corrected chi connectivity index (χ1v) is 9.77. The highest BCUT2D eigenvalue weighted by Crippen LogP contribution is 2.11. The van der Waals surface area contributed by atoms with Crippen molar-refractivity contribution in [1.29, 1.82) is 0 Å². The number of esters is 2. The van der Waals surface area contributed by atoms with Gasteiger partial charge in [-0.25, -0.2) is 9.59 Å². The van der Waals surface area contributed by atoms with Gasteiger partial charge in [0, 0.05) is 11.4 Å². The third-order valence-corrected chi connectivity index (χ3v) is 3.95. The lowest BCUT2D eigenvalue weighted by molar-refractivity contribution is -0.136. The van der Waals surface area contributed by atoms with Crippen LogP contribution >= 0.6 is 0 Å². The van der Waals surface area contributed by atoms with Crippen LogP contribution in [0.25, 0.3) is 0 Å². The number of carbonyl (C=O) groups excluding carboxylic acids is 5. The third kappa shape index (κ3) is 7.24. The van der Waals surface area contributed by atoms with Crippen LogP contribution in [0.4, 0.5) is 11.4 Å². The van der Waals surface area contributed by atoms with Crippen molar-refractivity contribution in [2.75, 3.05) is 30.4 Å². The molecule has 0 aromatic heterocycles. The Morgan fingerprint density at radius 3 is 1.53 bits per heavy atom. The second-order valence-electron chi connectivity index (χ2n) is 6.28. The van der Waals surface area contributed by atoms with Crippen LogP contribution in [0.3, 0.4) is 0 Å². The Balaban J connectivity index is 1.80. The molecule has 0 saturated carbocycles. The zero-order valence-electron chi connectivity index (χ0n) is 17.6. The fourth-order valence-corrected chi connectivity index (χ4v) is 2.44. The summed E-state index contributed by atoms with van der Waals surface area (Å²) in [6.07, 6.45) is 0. The molecule has 10 nitrogen and oxygen atoms in total. The lowest BCUT2D eigenvalue weighted by Gasteiger charge is -2.09. The smallest absolute Gasteiger partial charge is 0.338 e. The van der Waals surface area contributed by atoms with E-state index in [9.17, 15) is 24.0 Å². The molecule has 32 heavy (non-hydrogen) atoms. The van der Waals surface area contributed by atoms with Gasteiger partial charge in [-0.1, -0.05) is 0 Å². The lowest BCUT2D eigenvalue weighted by atomic mass is 10.2. The molecule has 0 atom stereocenters. The molecule has 3 N–H and O–H groups in total. The minimum atomic E-state index is -1.01. The number of hydrogen-bond acceptors (Lipinski definition) is 7. The summed E-state index contributed by atoms with van der Waals surface area (Å²) < 4.78 is 9.73. The number of nitrogens with one attached hydrogen (secondary N) is 3. The van der Waals surface area contributed by atoms with Crippen molar-refractivity contribution in [1.82, 2.24) is 5.32 Å². The van der Waals surface area contributed by atoms with E-state index in [1.54, 1.807) is 13.8 Å². The molecule has 0 saturated heterocycles. The highest BCUT2D eigenvalue weighted by molar-refractivity contribution is 6.39. The first-order valence-electron chi connectivity index (χ1n) is 9.77. The van der Waals surface area contributed by atoms with Crippen molar-refractivity contribution in [3.8, 4) is 0 Å². The van der Waals surface area contributed by atoms with Crippen LogP contribution in [-0.4, -0.2) is 49.4 Å². The van der Waals surface area contributed by atoms with Gasteiger partial charge in [0.2, 0.25) is 5.91 Å². The number of anilines is 2. The summed E-state index contributed by atoms with van der Waals surface area (Å²) >= 11 is 0. The van der Waals surface area contributed by atoms with Crippen LogP contribution < -0.4 is 16.0 Å². The number of benzene rings is 2. The largest absolute Gasteiger partial charge is 0.462 e. The van der Waals surface area contributed by atoms with Crippen LogP contribution in [0.15, 0.2) is 48.5 Å². The molecular weight excluding hydrogens is 418 g/mol. The fourth-order valence-electron chi connectivity index (χ4n) is 2.44. The van der Waals surface area contributed by atoms with Crippen molar-refractivity contribution < 1.29 is 33.4 Å². The predicted molar refractivity (Wildman–Crippen MR) is 115 cm³/mol. The molecular formula is C22H23N3O7. The van der Waals surface area contributed by atoms with Crippen molar-refractivity contribution in [3.63, 3.8) is 0 Å². The Kier molecular flexibility index (Phi) is 8.91. The predicted octanol–water partition coefficient (Wildman–Crippen LogP) is 1.73. The number of rotatable bonds is 8. The normalized spacial score (nSPS) is 9.94. The summed E-state index contributed by atoms with van der Waals surface area (Å²) in [6, 6.07) is 11.8. The van der Waals surface area contributed by atoms with Gasteiger partial charge in [-0.2, -0.15) is 0 Å². The Hall–Kier alpha value is -4.21.